The van der Waals surface area contributed by atoms with Crippen LogP contribution in [0.15, 0.2) is 30.3 Å². The van der Waals surface area contributed by atoms with E-state index in [-0.39, 0.29) is 6.10 Å². The molecule has 3 rings (SSSR count). The Balaban J connectivity index is 1.75. The molecular formula is C13H17NO. The highest BCUT2D eigenvalue weighted by Crippen LogP contribution is 2.38. The van der Waals surface area contributed by atoms with Crippen LogP contribution in [0.2, 0.25) is 0 Å². The van der Waals surface area contributed by atoms with Gasteiger partial charge in [0.2, 0.25) is 0 Å². The highest BCUT2D eigenvalue weighted by Gasteiger charge is 2.44. The zero-order valence-corrected chi connectivity index (χ0v) is 8.84. The first kappa shape index (κ1) is 9.37. The van der Waals surface area contributed by atoms with Crippen molar-refractivity contribution >= 4 is 0 Å². The zero-order chi connectivity index (χ0) is 10.3. The molecule has 15 heavy (non-hydrogen) atoms. The first-order valence-electron chi connectivity index (χ1n) is 5.82. The van der Waals surface area contributed by atoms with Gasteiger partial charge in [0.1, 0.15) is 0 Å². The minimum Gasteiger partial charge on any atom is -0.391 e. The number of rotatable bonds is 2. The molecule has 2 saturated heterocycles. The van der Waals surface area contributed by atoms with Crippen molar-refractivity contribution in [1.82, 2.24) is 4.90 Å². The predicted octanol–water partition coefficient (Wildman–Crippen LogP) is 1.78. The highest BCUT2D eigenvalue weighted by atomic mass is 16.3. The van der Waals surface area contributed by atoms with E-state index in [2.05, 4.69) is 35.2 Å². The number of nitrogens with zero attached hydrogens (tertiary/aromatic N) is 1. The number of aliphatic hydroxyl groups is 1. The van der Waals surface area contributed by atoms with E-state index in [0.717, 1.165) is 13.0 Å². The van der Waals surface area contributed by atoms with E-state index in [9.17, 15) is 5.11 Å². The SMILES string of the molecule is O[C@@H]1C[C@H]2CC[C@H]1N2Cc1ccccc1. The van der Waals surface area contributed by atoms with E-state index in [1.54, 1.807) is 0 Å². The maximum absolute atomic E-state index is 9.83. The molecule has 1 aromatic rings. The van der Waals surface area contributed by atoms with Crippen LogP contribution >= 0.6 is 0 Å². The van der Waals surface area contributed by atoms with E-state index >= 15 is 0 Å². The smallest absolute Gasteiger partial charge is 0.0710 e. The van der Waals surface area contributed by atoms with Gasteiger partial charge >= 0.3 is 0 Å². The fraction of sp³-hybridized carbons (Fsp3) is 0.538. The van der Waals surface area contributed by atoms with E-state index < -0.39 is 0 Å². The van der Waals surface area contributed by atoms with E-state index in [0.29, 0.717) is 12.1 Å². The molecule has 0 unspecified atom stereocenters. The second kappa shape index (κ2) is 3.62. The molecule has 2 fully saturated rings. The van der Waals surface area contributed by atoms with Gasteiger partial charge in [0.25, 0.3) is 0 Å². The molecule has 0 radical (unpaired) electrons. The van der Waals surface area contributed by atoms with Crippen LogP contribution in [0.1, 0.15) is 24.8 Å². The molecule has 3 atom stereocenters. The second-order valence-corrected chi connectivity index (χ2v) is 4.76. The number of hydrogen-bond acceptors (Lipinski definition) is 2. The largest absolute Gasteiger partial charge is 0.391 e. The molecule has 2 heteroatoms. The molecule has 2 heterocycles. The molecule has 1 N–H and O–H groups in total. The molecule has 2 bridgehead atoms. The van der Waals surface area contributed by atoms with Crippen molar-refractivity contribution in [3.05, 3.63) is 35.9 Å². The van der Waals surface area contributed by atoms with E-state index in [1.165, 1.54) is 18.4 Å². The first-order valence-corrected chi connectivity index (χ1v) is 5.82. The average Bonchev–Trinajstić information content (AvgIpc) is 2.76. The van der Waals surface area contributed by atoms with E-state index in [1.807, 2.05) is 0 Å². The lowest BCUT2D eigenvalue weighted by atomic mass is 9.98. The third kappa shape index (κ3) is 1.58. The van der Waals surface area contributed by atoms with Gasteiger partial charge in [-0.25, -0.2) is 0 Å². The topological polar surface area (TPSA) is 23.5 Å². The van der Waals surface area contributed by atoms with Gasteiger partial charge < -0.3 is 5.11 Å². The fourth-order valence-electron chi connectivity index (χ4n) is 3.11. The summed E-state index contributed by atoms with van der Waals surface area (Å²) in [4.78, 5) is 2.49. The van der Waals surface area contributed by atoms with Crippen molar-refractivity contribution in [2.45, 2.75) is 44.0 Å². The van der Waals surface area contributed by atoms with Crippen LogP contribution in [-0.4, -0.2) is 28.2 Å². The molecule has 0 aromatic heterocycles. The van der Waals surface area contributed by atoms with Gasteiger partial charge in [-0.15, -0.1) is 0 Å². The van der Waals surface area contributed by atoms with Gasteiger partial charge in [0.15, 0.2) is 0 Å². The minimum absolute atomic E-state index is 0.0764. The fourth-order valence-corrected chi connectivity index (χ4v) is 3.11. The van der Waals surface area contributed by atoms with Crippen molar-refractivity contribution in [1.29, 1.82) is 0 Å². The van der Waals surface area contributed by atoms with Gasteiger partial charge in [0, 0.05) is 18.6 Å². The van der Waals surface area contributed by atoms with Crippen LogP contribution in [0, 0.1) is 0 Å². The predicted molar refractivity (Wildman–Crippen MR) is 59.4 cm³/mol. The Morgan fingerprint density at radius 2 is 2.00 bits per heavy atom. The van der Waals surface area contributed by atoms with Gasteiger partial charge in [0.05, 0.1) is 6.10 Å². The Bertz CT molecular complexity index is 338. The second-order valence-electron chi connectivity index (χ2n) is 4.76. The normalized spacial score (nSPS) is 34.9. The summed E-state index contributed by atoms with van der Waals surface area (Å²) in [6.45, 7) is 1.01. The Labute approximate surface area is 90.5 Å². The van der Waals surface area contributed by atoms with Gasteiger partial charge in [-0.1, -0.05) is 30.3 Å². The van der Waals surface area contributed by atoms with Crippen LogP contribution in [0.3, 0.4) is 0 Å². The quantitative estimate of drug-likeness (QED) is 0.792. The summed E-state index contributed by atoms with van der Waals surface area (Å²) in [6, 6.07) is 11.6. The number of benzene rings is 1. The van der Waals surface area contributed by atoms with Crippen LogP contribution < -0.4 is 0 Å². The molecule has 0 spiro atoms. The Hall–Kier alpha value is -0.860. The summed E-state index contributed by atoms with van der Waals surface area (Å²) < 4.78 is 0. The molecule has 2 aliphatic heterocycles. The molecule has 80 valence electrons. The van der Waals surface area contributed by atoms with Crippen LogP contribution in [0.25, 0.3) is 0 Å². The van der Waals surface area contributed by atoms with Crippen LogP contribution in [0.5, 0.6) is 0 Å². The summed E-state index contributed by atoms with van der Waals surface area (Å²) >= 11 is 0. The van der Waals surface area contributed by atoms with Crippen molar-refractivity contribution in [3.63, 3.8) is 0 Å². The van der Waals surface area contributed by atoms with Crippen LogP contribution in [0.4, 0.5) is 0 Å². The number of fused-ring (bicyclic) bond motifs is 2. The van der Waals surface area contributed by atoms with Crippen LogP contribution in [-0.2, 0) is 6.54 Å². The van der Waals surface area contributed by atoms with Crippen molar-refractivity contribution in [3.8, 4) is 0 Å². The lowest BCUT2D eigenvalue weighted by molar-refractivity contribution is 0.119. The summed E-state index contributed by atoms with van der Waals surface area (Å²) in [5, 5.41) is 9.83. The van der Waals surface area contributed by atoms with Crippen molar-refractivity contribution in [2.24, 2.45) is 0 Å². The average molecular weight is 203 g/mol. The lowest BCUT2D eigenvalue weighted by Gasteiger charge is -2.22. The monoisotopic (exact) mass is 203 g/mol. The standard InChI is InChI=1S/C13H17NO/c15-13-8-11-6-7-12(13)14(11)9-10-4-2-1-3-5-10/h1-5,11-13,15H,6-9H2/t11-,12-,13-/m1/s1. The summed E-state index contributed by atoms with van der Waals surface area (Å²) in [7, 11) is 0. The molecule has 0 amide bonds. The van der Waals surface area contributed by atoms with Crippen molar-refractivity contribution in [2.75, 3.05) is 0 Å². The number of hydrogen-bond donors (Lipinski definition) is 1. The highest BCUT2D eigenvalue weighted by molar-refractivity contribution is 5.16. The molecule has 1 aromatic carbocycles. The number of aliphatic hydroxyl groups excluding tert-OH is 1. The first-order chi connectivity index (χ1) is 7.34. The maximum Gasteiger partial charge on any atom is 0.0710 e. The van der Waals surface area contributed by atoms with Crippen molar-refractivity contribution < 1.29 is 5.11 Å². The molecule has 2 aliphatic rings. The minimum atomic E-state index is -0.0764. The maximum atomic E-state index is 9.83. The Morgan fingerprint density at radius 3 is 2.60 bits per heavy atom. The summed E-state index contributed by atoms with van der Waals surface area (Å²) in [5.74, 6) is 0. The Kier molecular flexibility index (Phi) is 2.26. The molecule has 0 aliphatic carbocycles. The Morgan fingerprint density at radius 1 is 1.20 bits per heavy atom. The van der Waals surface area contributed by atoms with Gasteiger partial charge in [-0.2, -0.15) is 0 Å². The molecular weight excluding hydrogens is 186 g/mol. The third-order valence-electron chi connectivity index (χ3n) is 3.86. The molecule has 2 nitrogen and oxygen atoms in total. The van der Waals surface area contributed by atoms with Gasteiger partial charge in [-0.05, 0) is 24.8 Å². The molecule has 0 saturated carbocycles. The third-order valence-corrected chi connectivity index (χ3v) is 3.86. The van der Waals surface area contributed by atoms with Gasteiger partial charge in [-0.3, -0.25) is 4.90 Å². The van der Waals surface area contributed by atoms with E-state index in [4.69, 9.17) is 0 Å². The summed E-state index contributed by atoms with van der Waals surface area (Å²) in [6.07, 6.45) is 3.36. The lowest BCUT2D eigenvalue weighted by Crippen LogP contribution is -2.31. The zero-order valence-electron chi connectivity index (χ0n) is 8.84. The summed E-state index contributed by atoms with van der Waals surface area (Å²) in [5.41, 5.74) is 1.36.